The number of anilines is 3. The van der Waals surface area contributed by atoms with Crippen LogP contribution in [0.2, 0.25) is 0 Å². The van der Waals surface area contributed by atoms with Crippen molar-refractivity contribution in [1.29, 1.82) is 0 Å². The van der Waals surface area contributed by atoms with Crippen molar-refractivity contribution in [2.45, 2.75) is 6.42 Å². The van der Waals surface area contributed by atoms with E-state index in [1.165, 1.54) is 6.33 Å². The van der Waals surface area contributed by atoms with Crippen molar-refractivity contribution in [3.8, 4) is 5.75 Å². The third-order valence-electron chi connectivity index (χ3n) is 5.55. The average Bonchev–Trinajstić information content (AvgIpc) is 2.84. The highest BCUT2D eigenvalue weighted by Crippen LogP contribution is 2.32. The van der Waals surface area contributed by atoms with E-state index in [2.05, 4.69) is 20.2 Å². The molecule has 32 heavy (non-hydrogen) atoms. The molecule has 0 bridgehead atoms. The monoisotopic (exact) mass is 434 g/mol. The van der Waals surface area contributed by atoms with Crippen molar-refractivity contribution in [1.82, 2.24) is 9.97 Å². The number of rotatable bonds is 8. The normalized spacial score (nSPS) is 13.7. The summed E-state index contributed by atoms with van der Waals surface area (Å²) in [6.45, 7) is 3.29. The van der Waals surface area contributed by atoms with Gasteiger partial charge in [-0.3, -0.25) is 10.1 Å². The second kappa shape index (κ2) is 9.95. The quantitative estimate of drug-likeness (QED) is 0.426. The lowest BCUT2D eigenvalue weighted by molar-refractivity contribution is -0.383. The molecule has 1 aromatic heterocycles. The minimum atomic E-state index is -0.393. The average molecular weight is 435 g/mol. The summed E-state index contributed by atoms with van der Waals surface area (Å²) in [6.07, 6.45) is 2.14. The first-order valence-corrected chi connectivity index (χ1v) is 10.6. The summed E-state index contributed by atoms with van der Waals surface area (Å²) < 4.78 is 5.22. The fourth-order valence-electron chi connectivity index (χ4n) is 3.84. The molecule has 1 N–H and O–H groups in total. The molecule has 0 spiro atoms. The maximum Gasteiger partial charge on any atom is 0.353 e. The molecule has 1 fully saturated rings. The highest BCUT2D eigenvalue weighted by molar-refractivity contribution is 5.70. The molecule has 9 heteroatoms. The summed E-state index contributed by atoms with van der Waals surface area (Å²) in [7, 11) is 1.65. The van der Waals surface area contributed by atoms with Gasteiger partial charge in [0, 0.05) is 38.4 Å². The molecule has 2 heterocycles. The molecule has 1 aliphatic heterocycles. The lowest BCUT2D eigenvalue weighted by Crippen LogP contribution is -2.47. The summed E-state index contributed by atoms with van der Waals surface area (Å²) in [5.41, 5.74) is 2.19. The summed E-state index contributed by atoms with van der Waals surface area (Å²) in [6, 6.07) is 17.9. The van der Waals surface area contributed by atoms with Crippen LogP contribution in [0.1, 0.15) is 5.56 Å². The van der Waals surface area contributed by atoms with Gasteiger partial charge in [0.25, 0.3) is 0 Å². The Hall–Kier alpha value is -3.88. The van der Waals surface area contributed by atoms with E-state index in [0.29, 0.717) is 25.5 Å². The number of aromatic nitrogens is 2. The first kappa shape index (κ1) is 21.4. The molecule has 0 aliphatic carbocycles. The molecule has 0 atom stereocenters. The largest absolute Gasteiger partial charge is 0.497 e. The Morgan fingerprint density at radius 3 is 2.34 bits per heavy atom. The summed E-state index contributed by atoms with van der Waals surface area (Å²) >= 11 is 0. The first-order chi connectivity index (χ1) is 15.7. The third-order valence-corrected chi connectivity index (χ3v) is 5.55. The van der Waals surface area contributed by atoms with Crippen molar-refractivity contribution in [3.63, 3.8) is 0 Å². The van der Waals surface area contributed by atoms with Crippen LogP contribution in [0, 0.1) is 10.1 Å². The number of methoxy groups -OCH3 is 1. The molecular weight excluding hydrogens is 408 g/mol. The van der Waals surface area contributed by atoms with Crippen LogP contribution in [0.3, 0.4) is 0 Å². The van der Waals surface area contributed by atoms with Crippen LogP contribution in [-0.4, -0.2) is 54.7 Å². The van der Waals surface area contributed by atoms with Gasteiger partial charge in [0.2, 0.25) is 11.6 Å². The van der Waals surface area contributed by atoms with Crippen LogP contribution in [0.25, 0.3) is 0 Å². The van der Waals surface area contributed by atoms with Gasteiger partial charge in [-0.1, -0.05) is 30.3 Å². The minimum Gasteiger partial charge on any atom is -0.497 e. The number of ether oxygens (including phenoxy) is 1. The zero-order valence-corrected chi connectivity index (χ0v) is 18.0. The molecule has 4 rings (SSSR count). The van der Waals surface area contributed by atoms with Gasteiger partial charge in [-0.05, 0) is 36.2 Å². The molecule has 2 aromatic carbocycles. The second-order valence-electron chi connectivity index (χ2n) is 7.49. The Morgan fingerprint density at radius 2 is 1.69 bits per heavy atom. The van der Waals surface area contributed by atoms with Crippen LogP contribution in [0.4, 0.5) is 23.0 Å². The highest BCUT2D eigenvalue weighted by Gasteiger charge is 2.29. The molecular formula is C23H26N6O3. The van der Waals surface area contributed by atoms with Crippen molar-refractivity contribution < 1.29 is 9.66 Å². The molecule has 0 amide bonds. The third kappa shape index (κ3) is 4.88. The Bertz CT molecular complexity index is 1040. The van der Waals surface area contributed by atoms with E-state index < -0.39 is 4.92 Å². The van der Waals surface area contributed by atoms with Gasteiger partial charge in [0.1, 0.15) is 12.1 Å². The lowest BCUT2D eigenvalue weighted by atomic mass is 10.1. The molecule has 1 aliphatic rings. The van der Waals surface area contributed by atoms with Gasteiger partial charge < -0.3 is 19.9 Å². The number of hydrogen-bond acceptors (Lipinski definition) is 8. The van der Waals surface area contributed by atoms with E-state index in [1.807, 2.05) is 59.5 Å². The van der Waals surface area contributed by atoms with Gasteiger partial charge in [0.05, 0.1) is 12.0 Å². The van der Waals surface area contributed by atoms with Gasteiger partial charge in [-0.2, -0.15) is 0 Å². The smallest absolute Gasteiger partial charge is 0.353 e. The van der Waals surface area contributed by atoms with E-state index in [-0.39, 0.29) is 11.5 Å². The van der Waals surface area contributed by atoms with Gasteiger partial charge >= 0.3 is 5.69 Å². The van der Waals surface area contributed by atoms with E-state index in [4.69, 9.17) is 4.74 Å². The topological polar surface area (TPSA) is 96.7 Å². The standard InChI is InChI=1S/C23H26N6O3/c1-32-20-9-7-19(8-10-20)27-13-15-28(16-14-27)23-21(29(30)31)22(25-17-26-23)24-12-11-18-5-3-2-4-6-18/h2-10,17H,11-16H2,1H3,(H,24,25,26). The van der Waals surface area contributed by atoms with Gasteiger partial charge in [-0.25, -0.2) is 9.97 Å². The van der Waals surface area contributed by atoms with Crippen molar-refractivity contribution in [2.75, 3.05) is 55.0 Å². The Balaban J connectivity index is 1.43. The predicted molar refractivity (Wildman–Crippen MR) is 125 cm³/mol. The molecule has 3 aromatic rings. The van der Waals surface area contributed by atoms with Crippen LogP contribution in [-0.2, 0) is 6.42 Å². The van der Waals surface area contributed by atoms with E-state index in [1.54, 1.807) is 7.11 Å². The number of nitrogens with one attached hydrogen (secondary N) is 1. The Kier molecular flexibility index (Phi) is 6.64. The molecule has 1 saturated heterocycles. The zero-order valence-electron chi connectivity index (χ0n) is 18.0. The first-order valence-electron chi connectivity index (χ1n) is 10.6. The predicted octanol–water partition coefficient (Wildman–Crippen LogP) is 3.37. The Labute approximate surface area is 186 Å². The van der Waals surface area contributed by atoms with Crippen molar-refractivity contribution in [2.24, 2.45) is 0 Å². The summed E-state index contributed by atoms with van der Waals surface area (Å²) in [4.78, 5) is 24.1. The summed E-state index contributed by atoms with van der Waals surface area (Å²) in [5, 5.41) is 15.0. The highest BCUT2D eigenvalue weighted by atomic mass is 16.6. The zero-order chi connectivity index (χ0) is 22.3. The molecule has 9 nitrogen and oxygen atoms in total. The van der Waals surface area contributed by atoms with Gasteiger partial charge in [0.15, 0.2) is 0 Å². The van der Waals surface area contributed by atoms with Crippen molar-refractivity contribution in [3.05, 3.63) is 76.6 Å². The van der Waals surface area contributed by atoms with E-state index >= 15 is 0 Å². The summed E-state index contributed by atoms with van der Waals surface area (Å²) in [5.74, 6) is 1.44. The van der Waals surface area contributed by atoms with E-state index in [9.17, 15) is 10.1 Å². The van der Waals surface area contributed by atoms with Crippen LogP contribution in [0.15, 0.2) is 60.9 Å². The SMILES string of the molecule is COc1ccc(N2CCN(c3ncnc(NCCc4ccccc4)c3[N+](=O)[O-])CC2)cc1. The fourth-order valence-corrected chi connectivity index (χ4v) is 3.84. The minimum absolute atomic E-state index is 0.0709. The number of nitrogens with zero attached hydrogens (tertiary/aromatic N) is 5. The second-order valence-corrected chi connectivity index (χ2v) is 7.49. The van der Waals surface area contributed by atoms with Crippen molar-refractivity contribution >= 4 is 23.0 Å². The molecule has 0 saturated carbocycles. The maximum absolute atomic E-state index is 11.9. The molecule has 0 radical (unpaired) electrons. The molecule has 0 unspecified atom stereocenters. The number of hydrogen-bond donors (Lipinski definition) is 1. The lowest BCUT2D eigenvalue weighted by Gasteiger charge is -2.36. The number of benzene rings is 2. The fraction of sp³-hybridized carbons (Fsp3) is 0.304. The van der Waals surface area contributed by atoms with Crippen LogP contribution in [0.5, 0.6) is 5.75 Å². The van der Waals surface area contributed by atoms with Gasteiger partial charge in [-0.15, -0.1) is 0 Å². The maximum atomic E-state index is 11.9. The van der Waals surface area contributed by atoms with E-state index in [0.717, 1.165) is 36.5 Å². The number of nitro groups is 1. The molecule has 166 valence electrons. The Morgan fingerprint density at radius 1 is 1.00 bits per heavy atom. The number of piperazine rings is 1. The van der Waals surface area contributed by atoms with Crippen LogP contribution < -0.4 is 19.9 Å². The van der Waals surface area contributed by atoms with Crippen LogP contribution >= 0.6 is 0 Å².